The van der Waals surface area contributed by atoms with E-state index in [0.717, 1.165) is 23.4 Å². The van der Waals surface area contributed by atoms with Crippen LogP contribution in [-0.4, -0.2) is 12.1 Å². The number of hydrogen-bond donors (Lipinski definition) is 1. The molecule has 0 bridgehead atoms. The van der Waals surface area contributed by atoms with E-state index in [2.05, 4.69) is 11.1 Å². The second-order valence-corrected chi connectivity index (χ2v) is 3.91. The van der Waals surface area contributed by atoms with E-state index in [4.69, 9.17) is 10.5 Å². The molecule has 0 radical (unpaired) electrons. The summed E-state index contributed by atoms with van der Waals surface area (Å²) in [4.78, 5) is 4.38. The van der Waals surface area contributed by atoms with Crippen molar-refractivity contribution in [1.82, 2.24) is 4.98 Å². The van der Waals surface area contributed by atoms with Crippen molar-refractivity contribution < 1.29 is 4.74 Å². The lowest BCUT2D eigenvalue weighted by atomic mass is 10.1. The molecule has 0 aliphatic carbocycles. The summed E-state index contributed by atoms with van der Waals surface area (Å²) >= 11 is 0. The predicted octanol–water partition coefficient (Wildman–Crippen LogP) is 2.77. The summed E-state index contributed by atoms with van der Waals surface area (Å²) in [5.74, 6) is 0.848. The number of pyridine rings is 1. The van der Waals surface area contributed by atoms with E-state index < -0.39 is 0 Å². The molecule has 0 saturated carbocycles. The van der Waals surface area contributed by atoms with Crippen LogP contribution < -0.4 is 10.5 Å². The maximum Gasteiger partial charge on any atom is 0.118 e. The molecule has 0 aliphatic rings. The highest BCUT2D eigenvalue weighted by Gasteiger charge is 2.00. The summed E-state index contributed by atoms with van der Waals surface area (Å²) in [6.45, 7) is 0. The van der Waals surface area contributed by atoms with E-state index in [-0.39, 0.29) is 0 Å². The number of nitrogens with two attached hydrogens (primary N) is 1. The number of aromatic nitrogens is 1. The highest BCUT2D eigenvalue weighted by Crippen LogP contribution is 2.21. The Morgan fingerprint density at radius 3 is 2.67 bits per heavy atom. The maximum absolute atomic E-state index is 5.35. The van der Waals surface area contributed by atoms with Crippen molar-refractivity contribution >= 4 is 0 Å². The molecule has 92 valence electrons. The maximum atomic E-state index is 5.35. The van der Waals surface area contributed by atoms with E-state index in [9.17, 15) is 0 Å². The lowest BCUT2D eigenvalue weighted by Crippen LogP contribution is -1.89. The zero-order chi connectivity index (χ0) is 12.8. The molecule has 0 spiro atoms. The van der Waals surface area contributed by atoms with Crippen LogP contribution >= 0.6 is 0 Å². The zero-order valence-corrected chi connectivity index (χ0v) is 10.3. The van der Waals surface area contributed by atoms with E-state index in [0.29, 0.717) is 0 Å². The molecule has 18 heavy (non-hydrogen) atoms. The average molecular weight is 240 g/mol. The first-order valence-electron chi connectivity index (χ1n) is 5.79. The van der Waals surface area contributed by atoms with Crippen LogP contribution in [0.1, 0.15) is 5.56 Å². The Balaban J connectivity index is 2.26. The van der Waals surface area contributed by atoms with Crippen molar-refractivity contribution in [3.8, 4) is 17.0 Å². The molecule has 3 heteroatoms. The monoisotopic (exact) mass is 240 g/mol. The number of rotatable bonds is 4. The zero-order valence-electron chi connectivity index (χ0n) is 10.3. The third-order valence-corrected chi connectivity index (χ3v) is 2.70. The van der Waals surface area contributed by atoms with Crippen LogP contribution in [0, 0.1) is 0 Å². The van der Waals surface area contributed by atoms with Crippen molar-refractivity contribution in [3.63, 3.8) is 0 Å². The van der Waals surface area contributed by atoms with Gasteiger partial charge in [0.05, 0.1) is 12.8 Å². The Labute approximate surface area is 107 Å². The summed E-state index contributed by atoms with van der Waals surface area (Å²) in [5.41, 5.74) is 8.58. The first kappa shape index (κ1) is 12.2. The molecule has 0 atom stereocenters. The van der Waals surface area contributed by atoms with Gasteiger partial charge >= 0.3 is 0 Å². The SMILES string of the molecule is COc1ccc(-c2cc(CC=CN)ccn2)cc1. The van der Waals surface area contributed by atoms with Gasteiger partial charge in [-0.05, 0) is 54.6 Å². The molecule has 3 nitrogen and oxygen atoms in total. The molecule has 1 aromatic heterocycles. The fraction of sp³-hybridized carbons (Fsp3) is 0.133. The average Bonchev–Trinajstić information content (AvgIpc) is 2.45. The van der Waals surface area contributed by atoms with Gasteiger partial charge in [0.1, 0.15) is 5.75 Å². The summed E-state index contributed by atoms with van der Waals surface area (Å²) in [7, 11) is 1.66. The molecule has 0 unspecified atom stereocenters. The first-order valence-corrected chi connectivity index (χ1v) is 5.79. The molecule has 2 N–H and O–H groups in total. The molecule has 2 rings (SSSR count). The van der Waals surface area contributed by atoms with Gasteiger partial charge in [0.15, 0.2) is 0 Å². The number of ether oxygens (including phenoxy) is 1. The second-order valence-electron chi connectivity index (χ2n) is 3.91. The smallest absolute Gasteiger partial charge is 0.118 e. The van der Waals surface area contributed by atoms with Crippen LogP contribution in [-0.2, 0) is 6.42 Å². The van der Waals surface area contributed by atoms with Crippen molar-refractivity contribution in [1.29, 1.82) is 0 Å². The number of benzene rings is 1. The lowest BCUT2D eigenvalue weighted by Gasteiger charge is -2.04. The second kappa shape index (κ2) is 5.87. The van der Waals surface area contributed by atoms with E-state index in [1.165, 1.54) is 5.56 Å². The molecule has 0 aliphatic heterocycles. The molecule has 0 fully saturated rings. The van der Waals surface area contributed by atoms with Crippen LogP contribution in [0.2, 0.25) is 0 Å². The van der Waals surface area contributed by atoms with Crippen molar-refractivity contribution in [2.45, 2.75) is 6.42 Å². The van der Waals surface area contributed by atoms with E-state index >= 15 is 0 Å². The van der Waals surface area contributed by atoms with Gasteiger partial charge in [-0.3, -0.25) is 4.98 Å². The highest BCUT2D eigenvalue weighted by molar-refractivity contribution is 5.60. The Hall–Kier alpha value is -2.29. The van der Waals surface area contributed by atoms with Crippen LogP contribution in [0.25, 0.3) is 11.3 Å². The third-order valence-electron chi connectivity index (χ3n) is 2.70. The van der Waals surface area contributed by atoms with Gasteiger partial charge in [-0.25, -0.2) is 0 Å². The van der Waals surface area contributed by atoms with Gasteiger partial charge in [-0.15, -0.1) is 0 Å². The summed E-state index contributed by atoms with van der Waals surface area (Å²) in [5, 5.41) is 0. The third kappa shape index (κ3) is 2.88. The minimum atomic E-state index is 0.822. The van der Waals surface area contributed by atoms with Gasteiger partial charge in [0.25, 0.3) is 0 Å². The van der Waals surface area contributed by atoms with Crippen LogP contribution in [0.5, 0.6) is 5.75 Å². The number of nitrogens with zero attached hydrogens (tertiary/aromatic N) is 1. The highest BCUT2D eigenvalue weighted by atomic mass is 16.5. The standard InChI is InChI=1S/C15H16N2O/c1-18-14-6-4-13(5-7-14)15-11-12(3-2-9-16)8-10-17-15/h2,4-11H,3,16H2,1H3. The van der Waals surface area contributed by atoms with E-state index in [1.807, 2.05) is 42.6 Å². The van der Waals surface area contributed by atoms with Crippen LogP contribution in [0.4, 0.5) is 0 Å². The Morgan fingerprint density at radius 2 is 2.00 bits per heavy atom. The Kier molecular flexibility index (Phi) is 3.97. The number of hydrogen-bond acceptors (Lipinski definition) is 3. The first-order chi connectivity index (χ1) is 8.83. The molecular weight excluding hydrogens is 224 g/mol. The molecule has 1 aromatic carbocycles. The van der Waals surface area contributed by atoms with Gasteiger partial charge in [0.2, 0.25) is 0 Å². The van der Waals surface area contributed by atoms with Crippen LogP contribution in [0.3, 0.4) is 0 Å². The summed E-state index contributed by atoms with van der Waals surface area (Å²) < 4.78 is 5.14. The van der Waals surface area contributed by atoms with Gasteiger partial charge in [-0.1, -0.05) is 6.08 Å². The van der Waals surface area contributed by atoms with Gasteiger partial charge in [-0.2, -0.15) is 0 Å². The number of allylic oxidation sites excluding steroid dienone is 1. The van der Waals surface area contributed by atoms with Gasteiger partial charge in [0, 0.05) is 11.8 Å². The number of methoxy groups -OCH3 is 1. The minimum Gasteiger partial charge on any atom is -0.497 e. The fourth-order valence-corrected chi connectivity index (χ4v) is 1.73. The molecular formula is C15H16N2O. The predicted molar refractivity (Wildman–Crippen MR) is 73.3 cm³/mol. The Morgan fingerprint density at radius 1 is 1.22 bits per heavy atom. The lowest BCUT2D eigenvalue weighted by molar-refractivity contribution is 0.415. The van der Waals surface area contributed by atoms with Crippen LogP contribution in [0.15, 0.2) is 54.9 Å². The van der Waals surface area contributed by atoms with Gasteiger partial charge < -0.3 is 10.5 Å². The topological polar surface area (TPSA) is 48.1 Å². The fourth-order valence-electron chi connectivity index (χ4n) is 1.73. The summed E-state index contributed by atoms with van der Waals surface area (Å²) in [6, 6.07) is 11.9. The largest absolute Gasteiger partial charge is 0.497 e. The van der Waals surface area contributed by atoms with Crippen molar-refractivity contribution in [2.24, 2.45) is 5.73 Å². The van der Waals surface area contributed by atoms with E-state index in [1.54, 1.807) is 13.3 Å². The molecule has 1 heterocycles. The minimum absolute atomic E-state index is 0.822. The summed E-state index contributed by atoms with van der Waals surface area (Å²) in [6.07, 6.45) is 6.13. The quantitative estimate of drug-likeness (QED) is 0.894. The van der Waals surface area contributed by atoms with Crippen molar-refractivity contribution in [2.75, 3.05) is 7.11 Å². The Bertz CT molecular complexity index is 532. The molecule has 0 amide bonds. The normalized spacial score (nSPS) is 10.7. The van der Waals surface area contributed by atoms with Crippen molar-refractivity contribution in [3.05, 3.63) is 60.4 Å². The molecule has 0 saturated heterocycles. The molecule has 2 aromatic rings.